The van der Waals surface area contributed by atoms with E-state index in [-0.39, 0.29) is 5.57 Å². The highest BCUT2D eigenvalue weighted by Crippen LogP contribution is 2.32. The van der Waals surface area contributed by atoms with Crippen molar-refractivity contribution < 1.29 is 9.53 Å². The van der Waals surface area contributed by atoms with Gasteiger partial charge in [0.15, 0.2) is 0 Å². The summed E-state index contributed by atoms with van der Waals surface area (Å²) in [5.74, 6) is 0.141. The molecule has 4 aromatic carbocycles. The predicted octanol–water partition coefficient (Wildman–Crippen LogP) is 7.34. The highest BCUT2D eigenvalue weighted by atomic mass is 79.9. The molecule has 0 atom stereocenters. The first-order chi connectivity index (χ1) is 16.5. The fourth-order valence-corrected chi connectivity index (χ4v) is 4.09. The zero-order valence-corrected chi connectivity index (χ0v) is 20.5. The molecule has 4 rings (SSSR count). The topological polar surface area (TPSA) is 62.1 Å². The number of carbonyl (C=O) groups is 1. The number of hydrogen-bond donors (Lipinski definition) is 1. The third kappa shape index (κ3) is 5.03. The summed E-state index contributed by atoms with van der Waals surface area (Å²) in [5.41, 5.74) is 4.42. The Kier molecular flexibility index (Phi) is 7.10. The number of ether oxygens (including phenoxy) is 1. The standard InChI is InChI=1S/C29H23BrN2O2/c1-19-8-7-13-27(20(19)2)32-29(33)23(17-31)16-25-24-11-5-3-9-21(24)14-15-28(25)34-18-22-10-4-6-12-26(22)30/h3-16H,18H2,1-2H3,(H,32,33)/b23-16+. The second-order valence-corrected chi connectivity index (χ2v) is 8.80. The number of benzene rings is 4. The lowest BCUT2D eigenvalue weighted by Crippen LogP contribution is -2.14. The van der Waals surface area contributed by atoms with Gasteiger partial charge >= 0.3 is 0 Å². The molecule has 5 heteroatoms. The van der Waals surface area contributed by atoms with Crippen LogP contribution >= 0.6 is 15.9 Å². The van der Waals surface area contributed by atoms with Crippen LogP contribution in [0.15, 0.2) is 88.9 Å². The summed E-state index contributed by atoms with van der Waals surface area (Å²) in [6.45, 7) is 4.27. The molecule has 0 radical (unpaired) electrons. The molecule has 0 aromatic heterocycles. The van der Waals surface area contributed by atoms with Crippen molar-refractivity contribution in [2.75, 3.05) is 5.32 Å². The van der Waals surface area contributed by atoms with Crippen molar-refractivity contribution in [1.82, 2.24) is 0 Å². The van der Waals surface area contributed by atoms with Gasteiger partial charge in [0.1, 0.15) is 24.0 Å². The van der Waals surface area contributed by atoms with Crippen molar-refractivity contribution in [2.45, 2.75) is 20.5 Å². The summed E-state index contributed by atoms with van der Waals surface area (Å²) in [7, 11) is 0. The van der Waals surface area contributed by atoms with Crippen molar-refractivity contribution in [1.29, 1.82) is 5.26 Å². The minimum atomic E-state index is -0.458. The van der Waals surface area contributed by atoms with Crippen LogP contribution in [0.3, 0.4) is 0 Å². The number of halogens is 1. The van der Waals surface area contributed by atoms with Gasteiger partial charge in [-0.2, -0.15) is 5.26 Å². The summed E-state index contributed by atoms with van der Waals surface area (Å²) in [6.07, 6.45) is 1.61. The molecule has 4 nitrogen and oxygen atoms in total. The molecule has 1 N–H and O–H groups in total. The van der Waals surface area contributed by atoms with Gasteiger partial charge < -0.3 is 10.1 Å². The molecule has 0 saturated carbocycles. The molecule has 0 fully saturated rings. The van der Waals surface area contributed by atoms with Gasteiger partial charge in [0.25, 0.3) is 5.91 Å². The van der Waals surface area contributed by atoms with Crippen LogP contribution in [0, 0.1) is 25.2 Å². The lowest BCUT2D eigenvalue weighted by molar-refractivity contribution is -0.112. The molecule has 0 heterocycles. The maximum atomic E-state index is 13.0. The highest BCUT2D eigenvalue weighted by Gasteiger charge is 2.15. The van der Waals surface area contributed by atoms with Crippen molar-refractivity contribution >= 4 is 44.4 Å². The number of nitrogens with zero attached hydrogens (tertiary/aromatic N) is 1. The minimum absolute atomic E-state index is 0.00278. The average molecular weight is 511 g/mol. The molecule has 34 heavy (non-hydrogen) atoms. The Morgan fingerprint density at radius 3 is 2.56 bits per heavy atom. The van der Waals surface area contributed by atoms with Crippen molar-refractivity contribution in [3.8, 4) is 11.8 Å². The van der Waals surface area contributed by atoms with E-state index in [9.17, 15) is 10.1 Å². The molecular formula is C29H23BrN2O2. The summed E-state index contributed by atoms with van der Waals surface area (Å²) >= 11 is 3.55. The molecule has 0 aliphatic heterocycles. The molecule has 0 saturated heterocycles. The van der Waals surface area contributed by atoms with E-state index in [1.165, 1.54) is 0 Å². The fraction of sp³-hybridized carbons (Fsp3) is 0.103. The van der Waals surface area contributed by atoms with Gasteiger partial charge in [0.05, 0.1) is 0 Å². The van der Waals surface area contributed by atoms with Crippen LogP contribution in [0.4, 0.5) is 5.69 Å². The van der Waals surface area contributed by atoms with Gasteiger partial charge in [-0.15, -0.1) is 0 Å². The van der Waals surface area contributed by atoms with E-state index in [1.807, 2.05) is 92.7 Å². The minimum Gasteiger partial charge on any atom is -0.488 e. The molecule has 0 spiro atoms. The summed E-state index contributed by atoms with van der Waals surface area (Å²) in [4.78, 5) is 13.0. The van der Waals surface area contributed by atoms with Crippen molar-refractivity contribution in [3.05, 3.63) is 111 Å². The molecule has 1 amide bonds. The van der Waals surface area contributed by atoms with Crippen LogP contribution in [0.25, 0.3) is 16.8 Å². The predicted molar refractivity (Wildman–Crippen MR) is 141 cm³/mol. The number of rotatable bonds is 6. The van der Waals surface area contributed by atoms with Crippen molar-refractivity contribution in [2.24, 2.45) is 0 Å². The Morgan fingerprint density at radius 2 is 1.76 bits per heavy atom. The number of aryl methyl sites for hydroxylation is 1. The Morgan fingerprint density at radius 1 is 1.00 bits per heavy atom. The number of hydrogen-bond acceptors (Lipinski definition) is 3. The number of fused-ring (bicyclic) bond motifs is 1. The van der Waals surface area contributed by atoms with Crippen LogP contribution in [0.5, 0.6) is 5.75 Å². The first kappa shape index (κ1) is 23.3. The monoisotopic (exact) mass is 510 g/mol. The number of nitriles is 1. The van der Waals surface area contributed by atoms with Gasteiger partial charge in [0, 0.05) is 21.3 Å². The first-order valence-electron chi connectivity index (χ1n) is 10.8. The van der Waals surface area contributed by atoms with Crippen molar-refractivity contribution in [3.63, 3.8) is 0 Å². The molecule has 0 aliphatic carbocycles. The number of amides is 1. The zero-order chi connectivity index (χ0) is 24.1. The van der Waals surface area contributed by atoms with Gasteiger partial charge in [-0.05, 0) is 60.0 Å². The normalized spacial score (nSPS) is 11.2. The van der Waals surface area contributed by atoms with Gasteiger partial charge in [-0.3, -0.25) is 4.79 Å². The molecule has 0 unspecified atom stereocenters. The second kappa shape index (κ2) is 10.4. The maximum absolute atomic E-state index is 13.0. The fourth-order valence-electron chi connectivity index (χ4n) is 3.69. The molecule has 0 aliphatic rings. The Labute approximate surface area is 207 Å². The molecule has 168 valence electrons. The van der Waals surface area contributed by atoms with E-state index in [2.05, 4.69) is 27.3 Å². The van der Waals surface area contributed by atoms with E-state index in [4.69, 9.17) is 4.74 Å². The third-order valence-electron chi connectivity index (χ3n) is 5.78. The van der Waals surface area contributed by atoms with Crippen LogP contribution in [-0.4, -0.2) is 5.91 Å². The van der Waals surface area contributed by atoms with Crippen LogP contribution in [-0.2, 0) is 11.4 Å². The average Bonchev–Trinajstić information content (AvgIpc) is 2.85. The van der Waals surface area contributed by atoms with E-state index >= 15 is 0 Å². The lowest BCUT2D eigenvalue weighted by atomic mass is 10.0. The first-order valence-corrected chi connectivity index (χ1v) is 11.6. The van der Waals surface area contributed by atoms with E-state index in [0.717, 1.165) is 31.9 Å². The van der Waals surface area contributed by atoms with Gasteiger partial charge in [0.2, 0.25) is 0 Å². The largest absolute Gasteiger partial charge is 0.488 e. The Bertz CT molecular complexity index is 1450. The summed E-state index contributed by atoms with van der Waals surface area (Å²) in [5, 5.41) is 14.6. The van der Waals surface area contributed by atoms with Gasteiger partial charge in [-0.1, -0.05) is 76.6 Å². The van der Waals surface area contributed by atoms with Crippen LogP contribution in [0.2, 0.25) is 0 Å². The maximum Gasteiger partial charge on any atom is 0.266 e. The molecule has 0 bridgehead atoms. The molecule has 4 aromatic rings. The molecular weight excluding hydrogens is 488 g/mol. The smallest absolute Gasteiger partial charge is 0.266 e. The Balaban J connectivity index is 1.72. The lowest BCUT2D eigenvalue weighted by Gasteiger charge is -2.14. The van der Waals surface area contributed by atoms with Gasteiger partial charge in [-0.25, -0.2) is 0 Å². The van der Waals surface area contributed by atoms with E-state index < -0.39 is 5.91 Å². The summed E-state index contributed by atoms with van der Waals surface area (Å²) < 4.78 is 7.13. The number of nitrogens with one attached hydrogen (secondary N) is 1. The Hall–Kier alpha value is -3.88. The second-order valence-electron chi connectivity index (χ2n) is 7.95. The van der Waals surface area contributed by atoms with E-state index in [0.29, 0.717) is 23.6 Å². The SMILES string of the molecule is Cc1cccc(NC(=O)/C(C#N)=C/c2c(OCc3ccccc3Br)ccc3ccccc23)c1C. The quantitative estimate of drug-likeness (QED) is 0.218. The number of carbonyl (C=O) groups excluding carboxylic acids is 1. The third-order valence-corrected chi connectivity index (χ3v) is 6.55. The number of anilines is 1. The van der Waals surface area contributed by atoms with Crippen LogP contribution < -0.4 is 10.1 Å². The zero-order valence-electron chi connectivity index (χ0n) is 18.9. The van der Waals surface area contributed by atoms with E-state index in [1.54, 1.807) is 6.08 Å². The van der Waals surface area contributed by atoms with Crippen LogP contribution in [0.1, 0.15) is 22.3 Å². The summed E-state index contributed by atoms with van der Waals surface area (Å²) in [6, 6.07) is 27.3. The highest BCUT2D eigenvalue weighted by molar-refractivity contribution is 9.10.